The molecule has 0 radical (unpaired) electrons. The molecule has 0 spiro atoms. The zero-order valence-electron chi connectivity index (χ0n) is 18.3. The van der Waals surface area contributed by atoms with E-state index in [1.165, 1.54) is 11.3 Å². The molecule has 0 aliphatic heterocycles. The van der Waals surface area contributed by atoms with Crippen molar-refractivity contribution in [2.45, 2.75) is 40.2 Å². The van der Waals surface area contributed by atoms with Crippen LogP contribution < -0.4 is 20.1 Å². The highest BCUT2D eigenvalue weighted by Gasteiger charge is 2.10. The van der Waals surface area contributed by atoms with Gasteiger partial charge >= 0.3 is 0 Å². The van der Waals surface area contributed by atoms with E-state index in [0.717, 1.165) is 42.7 Å². The Morgan fingerprint density at radius 1 is 1.21 bits per heavy atom. The van der Waals surface area contributed by atoms with Crippen molar-refractivity contribution < 1.29 is 9.47 Å². The average molecular weight is 515 g/mol. The van der Waals surface area contributed by atoms with Crippen LogP contribution in [0.4, 0.5) is 0 Å². The number of aliphatic imine (C=N–C) groups is 1. The number of nitrogens with zero attached hydrogens (tertiary/aromatic N) is 3. The van der Waals surface area contributed by atoms with Gasteiger partial charge in [0.25, 0.3) is 0 Å². The van der Waals surface area contributed by atoms with Crippen LogP contribution in [0.2, 0.25) is 0 Å². The Morgan fingerprint density at radius 2 is 1.90 bits per heavy atom. The fourth-order valence-corrected chi connectivity index (χ4v) is 3.02. The lowest BCUT2D eigenvalue weighted by Gasteiger charge is -2.16. The first-order valence-electron chi connectivity index (χ1n) is 9.77. The summed E-state index contributed by atoms with van der Waals surface area (Å²) in [5.41, 5.74) is 3.58. The third-order valence-electron chi connectivity index (χ3n) is 4.57. The Kier molecular flexibility index (Phi) is 10.9. The molecule has 1 atom stereocenters. The molecule has 1 unspecified atom stereocenters. The average Bonchev–Trinajstić information content (AvgIpc) is 2.92. The molecule has 2 N–H and O–H groups in total. The van der Waals surface area contributed by atoms with Crippen LogP contribution in [0.1, 0.15) is 30.8 Å². The van der Waals surface area contributed by atoms with E-state index in [0.29, 0.717) is 6.54 Å². The summed E-state index contributed by atoms with van der Waals surface area (Å²) in [5, 5.41) is 11.2. The highest BCUT2D eigenvalue weighted by atomic mass is 127. The molecule has 1 aromatic heterocycles. The SMILES string of the molecule is CCNC(=NCC(C)Oc1ccccc1OC)NCCc1c(C)nn(C)c1C.I. The van der Waals surface area contributed by atoms with Gasteiger partial charge in [0.1, 0.15) is 6.10 Å². The van der Waals surface area contributed by atoms with Gasteiger partial charge in [-0.3, -0.25) is 4.68 Å². The standard InChI is InChI=1S/C21H33N5O2.HI/c1-7-22-21(23-13-12-18-16(3)25-26(5)17(18)4)24-14-15(2)28-20-11-9-8-10-19(20)27-6;/h8-11,15H,7,12-14H2,1-6H3,(H2,22,23,24);1H. The predicted molar refractivity (Wildman–Crippen MR) is 129 cm³/mol. The summed E-state index contributed by atoms with van der Waals surface area (Å²) >= 11 is 0. The molecule has 2 rings (SSSR count). The number of aromatic nitrogens is 2. The van der Waals surface area contributed by atoms with Crippen molar-refractivity contribution in [3.8, 4) is 11.5 Å². The molecule has 0 aliphatic rings. The maximum Gasteiger partial charge on any atom is 0.191 e. The highest BCUT2D eigenvalue weighted by Crippen LogP contribution is 2.26. The van der Waals surface area contributed by atoms with Gasteiger partial charge in [0, 0.05) is 25.8 Å². The van der Waals surface area contributed by atoms with Crippen LogP contribution in [-0.4, -0.2) is 48.6 Å². The molecule has 7 nitrogen and oxygen atoms in total. The van der Waals surface area contributed by atoms with E-state index in [9.17, 15) is 0 Å². The van der Waals surface area contributed by atoms with Crippen LogP contribution >= 0.6 is 24.0 Å². The second kappa shape index (κ2) is 12.6. The van der Waals surface area contributed by atoms with E-state index in [1.807, 2.05) is 42.9 Å². The van der Waals surface area contributed by atoms with Gasteiger partial charge in [-0.1, -0.05) is 12.1 Å². The smallest absolute Gasteiger partial charge is 0.191 e. The van der Waals surface area contributed by atoms with Crippen LogP contribution in [-0.2, 0) is 13.5 Å². The molecule has 0 bridgehead atoms. The quantitative estimate of drug-likeness (QED) is 0.305. The number of rotatable bonds is 9. The number of methoxy groups -OCH3 is 1. The number of aryl methyl sites for hydroxylation is 2. The van der Waals surface area contributed by atoms with E-state index < -0.39 is 0 Å². The van der Waals surface area contributed by atoms with Crippen molar-refractivity contribution in [1.29, 1.82) is 0 Å². The molecule has 0 aliphatic carbocycles. The van der Waals surface area contributed by atoms with Gasteiger partial charge in [-0.05, 0) is 51.8 Å². The lowest BCUT2D eigenvalue weighted by atomic mass is 10.1. The van der Waals surface area contributed by atoms with Crippen LogP contribution in [0.15, 0.2) is 29.3 Å². The summed E-state index contributed by atoms with van der Waals surface area (Å²) < 4.78 is 13.2. The number of ether oxygens (including phenoxy) is 2. The Morgan fingerprint density at radius 3 is 2.48 bits per heavy atom. The number of hydrogen-bond acceptors (Lipinski definition) is 4. The Labute approximate surface area is 191 Å². The minimum Gasteiger partial charge on any atom is -0.493 e. The maximum absolute atomic E-state index is 5.97. The summed E-state index contributed by atoms with van der Waals surface area (Å²) in [6.45, 7) is 10.4. The fraction of sp³-hybridized carbons (Fsp3) is 0.524. The van der Waals surface area contributed by atoms with E-state index in [4.69, 9.17) is 9.47 Å². The number of para-hydroxylation sites is 2. The second-order valence-corrected chi connectivity index (χ2v) is 6.75. The van der Waals surface area contributed by atoms with Crippen molar-refractivity contribution in [2.75, 3.05) is 26.7 Å². The summed E-state index contributed by atoms with van der Waals surface area (Å²) in [4.78, 5) is 4.65. The van der Waals surface area contributed by atoms with Crippen LogP contribution in [0, 0.1) is 13.8 Å². The molecule has 162 valence electrons. The van der Waals surface area contributed by atoms with E-state index in [1.54, 1.807) is 7.11 Å². The monoisotopic (exact) mass is 515 g/mol. The lowest BCUT2D eigenvalue weighted by Crippen LogP contribution is -2.39. The Balaban J connectivity index is 0.00000420. The number of nitrogens with one attached hydrogen (secondary N) is 2. The van der Waals surface area contributed by atoms with Gasteiger partial charge in [0.15, 0.2) is 17.5 Å². The third-order valence-corrected chi connectivity index (χ3v) is 4.57. The maximum atomic E-state index is 5.97. The molecule has 0 amide bonds. The zero-order valence-corrected chi connectivity index (χ0v) is 20.6. The van der Waals surface area contributed by atoms with Gasteiger partial charge in [-0.15, -0.1) is 24.0 Å². The van der Waals surface area contributed by atoms with Crippen LogP contribution in [0.5, 0.6) is 11.5 Å². The Bertz CT molecular complexity index is 791. The first-order chi connectivity index (χ1) is 13.5. The molecule has 29 heavy (non-hydrogen) atoms. The molecule has 2 aromatic rings. The molecule has 8 heteroatoms. The molecule has 0 saturated carbocycles. The topological polar surface area (TPSA) is 72.7 Å². The molecule has 1 aromatic carbocycles. The lowest BCUT2D eigenvalue weighted by molar-refractivity contribution is 0.219. The van der Waals surface area contributed by atoms with Gasteiger partial charge in [-0.25, -0.2) is 4.99 Å². The second-order valence-electron chi connectivity index (χ2n) is 6.75. The largest absolute Gasteiger partial charge is 0.493 e. The van der Waals surface area contributed by atoms with E-state index >= 15 is 0 Å². The van der Waals surface area contributed by atoms with Gasteiger partial charge < -0.3 is 20.1 Å². The molecular formula is C21H34IN5O2. The first kappa shape index (κ1) is 25.1. The summed E-state index contributed by atoms with van der Waals surface area (Å²) in [6.07, 6.45) is 0.831. The van der Waals surface area contributed by atoms with E-state index in [-0.39, 0.29) is 30.1 Å². The van der Waals surface area contributed by atoms with Gasteiger partial charge in [0.05, 0.1) is 19.3 Å². The predicted octanol–water partition coefficient (Wildman–Crippen LogP) is 3.23. The summed E-state index contributed by atoms with van der Waals surface area (Å²) in [7, 11) is 3.62. The van der Waals surface area contributed by atoms with Crippen molar-refractivity contribution in [3.63, 3.8) is 0 Å². The first-order valence-corrected chi connectivity index (χ1v) is 9.77. The van der Waals surface area contributed by atoms with Crippen LogP contribution in [0.3, 0.4) is 0 Å². The number of benzene rings is 1. The Hall–Kier alpha value is -1.97. The summed E-state index contributed by atoms with van der Waals surface area (Å²) in [6, 6.07) is 7.65. The van der Waals surface area contributed by atoms with Gasteiger partial charge in [-0.2, -0.15) is 5.10 Å². The normalized spacial score (nSPS) is 12.1. The molecule has 1 heterocycles. The van der Waals surface area contributed by atoms with Crippen LogP contribution in [0.25, 0.3) is 0 Å². The van der Waals surface area contributed by atoms with Gasteiger partial charge in [0.2, 0.25) is 0 Å². The highest BCUT2D eigenvalue weighted by molar-refractivity contribution is 14.0. The summed E-state index contributed by atoms with van der Waals surface area (Å²) in [5.74, 6) is 2.25. The number of hydrogen-bond donors (Lipinski definition) is 2. The third kappa shape index (κ3) is 7.41. The molecule has 0 fully saturated rings. The molecular weight excluding hydrogens is 481 g/mol. The number of halogens is 1. The minimum absolute atomic E-state index is 0. The molecule has 0 saturated heterocycles. The number of guanidine groups is 1. The van der Waals surface area contributed by atoms with Crippen molar-refractivity contribution in [1.82, 2.24) is 20.4 Å². The van der Waals surface area contributed by atoms with Crippen molar-refractivity contribution in [2.24, 2.45) is 12.0 Å². The van der Waals surface area contributed by atoms with Crippen molar-refractivity contribution in [3.05, 3.63) is 41.2 Å². The van der Waals surface area contributed by atoms with E-state index in [2.05, 4.69) is 41.5 Å². The van der Waals surface area contributed by atoms with Crippen molar-refractivity contribution >= 4 is 29.9 Å². The minimum atomic E-state index is -0.0745. The fourth-order valence-electron chi connectivity index (χ4n) is 3.02. The zero-order chi connectivity index (χ0) is 20.5.